The normalized spacial score (nSPS) is 20.1. The number of hydrogen-bond donors (Lipinski definition) is 1. The van der Waals surface area contributed by atoms with Crippen molar-refractivity contribution in [3.8, 4) is 5.75 Å². The largest absolute Gasteiger partial charge is 0.496 e. The topological polar surface area (TPSA) is 84.7 Å². The van der Waals surface area contributed by atoms with Crippen molar-refractivity contribution in [3.63, 3.8) is 0 Å². The summed E-state index contributed by atoms with van der Waals surface area (Å²) in [5.41, 5.74) is 1.11. The SMILES string of the molecule is COc1c(C)cnc(CN2C(=O)NC(C)(c3ccc(C)o3)C2=O)c1C. The van der Waals surface area contributed by atoms with Crippen LogP contribution in [-0.4, -0.2) is 28.9 Å². The Morgan fingerprint density at radius 1 is 1.28 bits per heavy atom. The minimum atomic E-state index is -1.21. The molecule has 1 atom stereocenters. The summed E-state index contributed by atoms with van der Waals surface area (Å²) < 4.78 is 11.0. The molecule has 0 aliphatic carbocycles. The smallest absolute Gasteiger partial charge is 0.325 e. The Balaban J connectivity index is 1.92. The summed E-state index contributed by atoms with van der Waals surface area (Å²) in [5.74, 6) is 1.43. The van der Waals surface area contributed by atoms with Crippen LogP contribution in [0.4, 0.5) is 4.79 Å². The summed E-state index contributed by atoms with van der Waals surface area (Å²) in [6.07, 6.45) is 1.68. The minimum absolute atomic E-state index is 0.0718. The molecule has 1 N–H and O–H groups in total. The highest BCUT2D eigenvalue weighted by Crippen LogP contribution is 2.32. The van der Waals surface area contributed by atoms with Crippen molar-refractivity contribution in [2.24, 2.45) is 0 Å². The van der Waals surface area contributed by atoms with E-state index in [-0.39, 0.29) is 12.5 Å². The zero-order valence-electron chi connectivity index (χ0n) is 15.0. The summed E-state index contributed by atoms with van der Waals surface area (Å²) >= 11 is 0. The zero-order chi connectivity index (χ0) is 18.4. The molecule has 1 aliphatic heterocycles. The first-order chi connectivity index (χ1) is 11.8. The maximum absolute atomic E-state index is 12.9. The molecule has 0 radical (unpaired) electrons. The van der Waals surface area contributed by atoms with Gasteiger partial charge in [0.1, 0.15) is 17.3 Å². The van der Waals surface area contributed by atoms with Gasteiger partial charge in [-0.05, 0) is 39.8 Å². The third-order valence-corrected chi connectivity index (χ3v) is 4.57. The van der Waals surface area contributed by atoms with E-state index in [1.165, 1.54) is 0 Å². The summed E-state index contributed by atoms with van der Waals surface area (Å²) in [6.45, 7) is 7.26. The second-order valence-electron chi connectivity index (χ2n) is 6.40. The first kappa shape index (κ1) is 17.0. The lowest BCUT2D eigenvalue weighted by Crippen LogP contribution is -2.40. The predicted molar refractivity (Wildman–Crippen MR) is 90.1 cm³/mol. The number of amides is 3. The third-order valence-electron chi connectivity index (χ3n) is 4.57. The van der Waals surface area contributed by atoms with Crippen molar-refractivity contribution in [1.82, 2.24) is 15.2 Å². The highest BCUT2D eigenvalue weighted by Gasteiger charge is 2.51. The van der Waals surface area contributed by atoms with Gasteiger partial charge < -0.3 is 14.5 Å². The number of pyridine rings is 1. The molecule has 1 unspecified atom stereocenters. The molecule has 25 heavy (non-hydrogen) atoms. The van der Waals surface area contributed by atoms with Gasteiger partial charge in [0, 0.05) is 17.3 Å². The molecule has 7 heteroatoms. The Bertz CT molecular complexity index is 858. The third kappa shape index (κ3) is 2.65. The van der Waals surface area contributed by atoms with Gasteiger partial charge in [-0.2, -0.15) is 0 Å². The Labute approximate surface area is 146 Å². The summed E-state index contributed by atoms with van der Waals surface area (Å²) in [7, 11) is 1.59. The first-order valence-corrected chi connectivity index (χ1v) is 7.98. The van der Waals surface area contributed by atoms with E-state index in [1.54, 1.807) is 39.3 Å². The number of carbonyl (C=O) groups excluding carboxylic acids is 2. The van der Waals surface area contributed by atoms with Gasteiger partial charge in [0.2, 0.25) is 0 Å². The Morgan fingerprint density at radius 3 is 2.60 bits per heavy atom. The van der Waals surface area contributed by atoms with E-state index in [0.29, 0.717) is 23.0 Å². The number of carbonyl (C=O) groups is 2. The molecule has 1 aliphatic rings. The molecule has 3 heterocycles. The second kappa shape index (κ2) is 5.91. The molecule has 0 bridgehead atoms. The number of urea groups is 1. The molecule has 2 aromatic rings. The van der Waals surface area contributed by atoms with Crippen molar-refractivity contribution >= 4 is 11.9 Å². The van der Waals surface area contributed by atoms with E-state index in [9.17, 15) is 9.59 Å². The average molecular weight is 343 g/mol. The molecule has 1 fully saturated rings. The van der Waals surface area contributed by atoms with Gasteiger partial charge in [-0.1, -0.05) is 0 Å². The summed E-state index contributed by atoms with van der Waals surface area (Å²) in [5, 5.41) is 2.72. The van der Waals surface area contributed by atoms with Crippen molar-refractivity contribution in [2.75, 3.05) is 7.11 Å². The van der Waals surface area contributed by atoms with E-state index in [4.69, 9.17) is 9.15 Å². The molecule has 0 aromatic carbocycles. The van der Waals surface area contributed by atoms with Gasteiger partial charge in [-0.25, -0.2) is 4.79 Å². The molecule has 0 spiro atoms. The Morgan fingerprint density at radius 2 is 2.00 bits per heavy atom. The number of aryl methyl sites for hydroxylation is 2. The van der Waals surface area contributed by atoms with Crippen LogP contribution in [0.25, 0.3) is 0 Å². The molecule has 1 saturated heterocycles. The van der Waals surface area contributed by atoms with Crippen molar-refractivity contribution in [3.05, 3.63) is 46.7 Å². The van der Waals surface area contributed by atoms with E-state index in [0.717, 1.165) is 16.0 Å². The molecule has 2 aromatic heterocycles. The summed E-state index contributed by atoms with van der Waals surface area (Å²) in [4.78, 5) is 30.8. The Hall–Kier alpha value is -2.83. The predicted octanol–water partition coefficient (Wildman–Crippen LogP) is 2.58. The number of aromatic nitrogens is 1. The van der Waals surface area contributed by atoms with Crippen LogP contribution in [0.1, 0.15) is 35.3 Å². The minimum Gasteiger partial charge on any atom is -0.496 e. The number of nitrogens with zero attached hydrogens (tertiary/aromatic N) is 2. The van der Waals surface area contributed by atoms with Gasteiger partial charge >= 0.3 is 6.03 Å². The monoisotopic (exact) mass is 343 g/mol. The lowest BCUT2D eigenvalue weighted by atomic mass is 9.99. The molecule has 3 amide bonds. The van der Waals surface area contributed by atoms with Crippen molar-refractivity contribution in [2.45, 2.75) is 39.8 Å². The van der Waals surface area contributed by atoms with E-state index in [1.807, 2.05) is 13.8 Å². The number of nitrogens with one attached hydrogen (secondary N) is 1. The number of ether oxygens (including phenoxy) is 1. The highest BCUT2D eigenvalue weighted by molar-refractivity contribution is 6.06. The molecule has 0 saturated carbocycles. The number of imide groups is 1. The maximum Gasteiger partial charge on any atom is 0.325 e. The van der Waals surface area contributed by atoms with Gasteiger partial charge in [0.15, 0.2) is 5.54 Å². The lowest BCUT2D eigenvalue weighted by molar-refractivity contribution is -0.132. The highest BCUT2D eigenvalue weighted by atomic mass is 16.5. The summed E-state index contributed by atoms with van der Waals surface area (Å²) in [6, 6.07) is 3.00. The molecule has 7 nitrogen and oxygen atoms in total. The maximum atomic E-state index is 12.9. The lowest BCUT2D eigenvalue weighted by Gasteiger charge is -2.20. The van der Waals surface area contributed by atoms with Crippen LogP contribution >= 0.6 is 0 Å². The number of hydrogen-bond acceptors (Lipinski definition) is 5. The van der Waals surface area contributed by atoms with Gasteiger partial charge in [0.25, 0.3) is 5.91 Å². The molecule has 3 rings (SSSR count). The Kier molecular flexibility index (Phi) is 4.02. The molecular weight excluding hydrogens is 322 g/mol. The van der Waals surface area contributed by atoms with Crippen molar-refractivity contribution < 1.29 is 18.7 Å². The second-order valence-corrected chi connectivity index (χ2v) is 6.40. The van der Waals surface area contributed by atoms with Crippen LogP contribution in [0.2, 0.25) is 0 Å². The van der Waals surface area contributed by atoms with Crippen molar-refractivity contribution in [1.29, 1.82) is 0 Å². The van der Waals surface area contributed by atoms with Crippen LogP contribution in [0.15, 0.2) is 22.7 Å². The quantitative estimate of drug-likeness (QED) is 0.863. The van der Waals surface area contributed by atoms with Crippen LogP contribution in [0, 0.1) is 20.8 Å². The van der Waals surface area contributed by atoms with Crippen LogP contribution < -0.4 is 10.1 Å². The fourth-order valence-corrected chi connectivity index (χ4v) is 3.09. The van der Waals surface area contributed by atoms with Gasteiger partial charge in [-0.15, -0.1) is 0 Å². The van der Waals surface area contributed by atoms with E-state index >= 15 is 0 Å². The average Bonchev–Trinajstić information content (AvgIpc) is 3.08. The standard InChI is InChI=1S/C18H21N3O4/c1-10-8-19-13(12(3)15(10)24-5)9-21-16(22)18(4,20-17(21)23)14-7-6-11(2)25-14/h6-8H,9H2,1-5H3,(H,20,23). The fourth-order valence-electron chi connectivity index (χ4n) is 3.09. The van der Waals surface area contributed by atoms with Gasteiger partial charge in [-0.3, -0.25) is 14.7 Å². The number of furan rings is 1. The zero-order valence-corrected chi connectivity index (χ0v) is 15.0. The van der Waals surface area contributed by atoms with E-state index in [2.05, 4.69) is 10.3 Å². The molecule has 132 valence electrons. The number of methoxy groups -OCH3 is 1. The van der Waals surface area contributed by atoms with Gasteiger partial charge in [0.05, 0.1) is 19.3 Å². The fraction of sp³-hybridized carbons (Fsp3) is 0.389. The van der Waals surface area contributed by atoms with Crippen LogP contribution in [0.5, 0.6) is 5.75 Å². The first-order valence-electron chi connectivity index (χ1n) is 7.98. The number of rotatable bonds is 4. The van der Waals surface area contributed by atoms with E-state index < -0.39 is 11.6 Å². The molecular formula is C18H21N3O4. The van der Waals surface area contributed by atoms with Crippen LogP contribution in [0.3, 0.4) is 0 Å². The van der Waals surface area contributed by atoms with Crippen LogP contribution in [-0.2, 0) is 16.9 Å².